The smallest absolute Gasteiger partial charge is 0.243 e. The van der Waals surface area contributed by atoms with Gasteiger partial charge in [0.1, 0.15) is 6.04 Å². The minimum absolute atomic E-state index is 0.288. The lowest BCUT2D eigenvalue weighted by atomic mass is 10.0. The zero-order chi connectivity index (χ0) is 22.6. The lowest BCUT2D eigenvalue weighted by molar-refractivity contribution is -0.121. The van der Waals surface area contributed by atoms with Crippen molar-refractivity contribution in [1.29, 1.82) is 0 Å². The number of hydrogen-bond acceptors (Lipinski definition) is 4. The molecule has 168 valence electrons. The minimum Gasteiger partial charge on any atom is -0.371 e. The van der Waals surface area contributed by atoms with Gasteiger partial charge in [0, 0.05) is 25.3 Å². The van der Waals surface area contributed by atoms with Crippen molar-refractivity contribution in [3.8, 4) is 0 Å². The van der Waals surface area contributed by atoms with Crippen LogP contribution in [0.25, 0.3) is 0 Å². The number of nitrogens with zero attached hydrogens (tertiary/aromatic N) is 2. The van der Waals surface area contributed by atoms with E-state index in [9.17, 15) is 13.2 Å². The molecule has 6 nitrogen and oxygen atoms in total. The topological polar surface area (TPSA) is 69.7 Å². The fourth-order valence-corrected chi connectivity index (χ4v) is 5.52. The number of anilines is 2. The minimum atomic E-state index is -3.61. The van der Waals surface area contributed by atoms with Crippen LogP contribution in [0.4, 0.5) is 11.4 Å². The standard InChI is InChI=1S/C24H33N3O3S/c1-18-15-19(2)17-22(16-18)27(31(4,29)30)20(3)24(28)25-12-8-14-26-13-7-10-21-9-5-6-11-23(21)26/h5-6,9,11,15-17,20H,7-8,10,12-14H2,1-4H3,(H,25,28)/t20-/m1/s1. The fraction of sp³-hybridized carbons (Fsp3) is 0.458. The Labute approximate surface area is 186 Å². The largest absolute Gasteiger partial charge is 0.371 e. The molecule has 3 rings (SSSR count). The second kappa shape index (κ2) is 9.73. The van der Waals surface area contributed by atoms with Gasteiger partial charge in [-0.2, -0.15) is 0 Å². The van der Waals surface area contributed by atoms with Crippen molar-refractivity contribution in [2.45, 2.75) is 46.1 Å². The van der Waals surface area contributed by atoms with Crippen molar-refractivity contribution in [1.82, 2.24) is 5.32 Å². The van der Waals surface area contributed by atoms with Crippen LogP contribution in [0, 0.1) is 13.8 Å². The summed E-state index contributed by atoms with van der Waals surface area (Å²) < 4.78 is 26.2. The molecule has 1 aliphatic rings. The molecule has 0 aromatic heterocycles. The quantitative estimate of drug-likeness (QED) is 0.635. The van der Waals surface area contributed by atoms with Gasteiger partial charge in [-0.05, 0) is 74.9 Å². The maximum atomic E-state index is 12.8. The van der Waals surface area contributed by atoms with Gasteiger partial charge >= 0.3 is 0 Å². The predicted molar refractivity (Wildman–Crippen MR) is 127 cm³/mol. The lowest BCUT2D eigenvalue weighted by Crippen LogP contribution is -2.48. The Kier molecular flexibility index (Phi) is 7.26. The summed E-state index contributed by atoms with van der Waals surface area (Å²) in [4.78, 5) is 15.2. The normalized spacial score (nSPS) is 14.6. The summed E-state index contributed by atoms with van der Waals surface area (Å²) in [7, 11) is -3.61. The van der Waals surface area contributed by atoms with Crippen molar-refractivity contribution in [2.24, 2.45) is 0 Å². The summed E-state index contributed by atoms with van der Waals surface area (Å²) in [6.07, 6.45) is 4.19. The van der Waals surface area contributed by atoms with Crippen LogP contribution >= 0.6 is 0 Å². The van der Waals surface area contributed by atoms with Crippen molar-refractivity contribution < 1.29 is 13.2 Å². The molecular weight excluding hydrogens is 410 g/mol. The number of aryl methyl sites for hydroxylation is 3. The highest BCUT2D eigenvalue weighted by Gasteiger charge is 2.29. The Morgan fingerprint density at radius 2 is 1.84 bits per heavy atom. The van der Waals surface area contributed by atoms with Crippen LogP contribution in [-0.2, 0) is 21.2 Å². The van der Waals surface area contributed by atoms with Gasteiger partial charge in [0.25, 0.3) is 0 Å². The number of sulfonamides is 1. The van der Waals surface area contributed by atoms with E-state index in [1.165, 1.54) is 15.6 Å². The van der Waals surface area contributed by atoms with E-state index in [-0.39, 0.29) is 5.91 Å². The van der Waals surface area contributed by atoms with Crippen LogP contribution in [-0.4, -0.2) is 46.3 Å². The summed E-state index contributed by atoms with van der Waals surface area (Å²) in [5.74, 6) is -0.288. The Hall–Kier alpha value is -2.54. The summed E-state index contributed by atoms with van der Waals surface area (Å²) in [6.45, 7) is 7.86. The molecule has 0 radical (unpaired) electrons. The summed E-state index contributed by atoms with van der Waals surface area (Å²) in [6, 6.07) is 13.2. The Balaban J connectivity index is 1.60. The lowest BCUT2D eigenvalue weighted by Gasteiger charge is -2.31. The molecule has 1 amide bonds. The van der Waals surface area contributed by atoms with Crippen LogP contribution in [0.3, 0.4) is 0 Å². The molecule has 0 aliphatic carbocycles. The number of rotatable bonds is 8. The number of para-hydroxylation sites is 1. The molecule has 1 heterocycles. The van der Waals surface area contributed by atoms with Crippen molar-refractivity contribution in [3.05, 3.63) is 59.2 Å². The number of amides is 1. The van der Waals surface area contributed by atoms with Gasteiger partial charge in [-0.15, -0.1) is 0 Å². The highest BCUT2D eigenvalue weighted by molar-refractivity contribution is 7.92. The second-order valence-corrected chi connectivity index (χ2v) is 10.3. The third kappa shape index (κ3) is 5.79. The van der Waals surface area contributed by atoms with Gasteiger partial charge in [0.2, 0.25) is 15.9 Å². The van der Waals surface area contributed by atoms with E-state index in [0.717, 1.165) is 49.7 Å². The molecule has 1 N–H and O–H groups in total. The average Bonchev–Trinajstić information content (AvgIpc) is 2.69. The molecule has 1 aliphatic heterocycles. The number of nitrogens with one attached hydrogen (secondary N) is 1. The number of carbonyl (C=O) groups excluding carboxylic acids is 1. The van der Waals surface area contributed by atoms with Gasteiger partial charge in [0.05, 0.1) is 11.9 Å². The summed E-state index contributed by atoms with van der Waals surface area (Å²) >= 11 is 0. The van der Waals surface area contributed by atoms with E-state index < -0.39 is 16.1 Å². The van der Waals surface area contributed by atoms with Gasteiger partial charge in [0.15, 0.2) is 0 Å². The van der Waals surface area contributed by atoms with Crippen LogP contribution in [0.2, 0.25) is 0 Å². The molecule has 1 atom stereocenters. The fourth-order valence-electron chi connectivity index (χ4n) is 4.36. The molecule has 31 heavy (non-hydrogen) atoms. The molecule has 7 heteroatoms. The molecular formula is C24H33N3O3S. The van der Waals surface area contributed by atoms with E-state index in [1.54, 1.807) is 19.1 Å². The summed E-state index contributed by atoms with van der Waals surface area (Å²) in [5, 5.41) is 2.93. The highest BCUT2D eigenvalue weighted by Crippen LogP contribution is 2.27. The van der Waals surface area contributed by atoms with Crippen molar-refractivity contribution in [3.63, 3.8) is 0 Å². The molecule has 0 unspecified atom stereocenters. The molecule has 0 fully saturated rings. The molecule has 2 aromatic rings. The highest BCUT2D eigenvalue weighted by atomic mass is 32.2. The third-order valence-electron chi connectivity index (χ3n) is 5.66. The maximum Gasteiger partial charge on any atom is 0.243 e. The van der Waals surface area contributed by atoms with E-state index >= 15 is 0 Å². The number of fused-ring (bicyclic) bond motifs is 1. The number of hydrogen-bond donors (Lipinski definition) is 1. The first-order chi connectivity index (χ1) is 14.7. The van der Waals surface area contributed by atoms with Crippen molar-refractivity contribution in [2.75, 3.05) is 35.1 Å². The van der Waals surface area contributed by atoms with Crippen molar-refractivity contribution >= 4 is 27.3 Å². The van der Waals surface area contributed by atoms with E-state index in [0.29, 0.717) is 12.2 Å². The molecule has 0 saturated carbocycles. The first kappa shape index (κ1) is 23.1. The Bertz CT molecular complexity index is 1020. The van der Waals surface area contributed by atoms with Crippen LogP contribution in [0.1, 0.15) is 36.5 Å². The van der Waals surface area contributed by atoms with Gasteiger partial charge in [-0.25, -0.2) is 8.42 Å². The molecule has 2 aromatic carbocycles. The van der Waals surface area contributed by atoms with Gasteiger partial charge < -0.3 is 10.2 Å². The average molecular weight is 444 g/mol. The second-order valence-electron chi connectivity index (χ2n) is 8.44. The van der Waals surface area contributed by atoms with Crippen LogP contribution < -0.4 is 14.5 Å². The monoisotopic (exact) mass is 443 g/mol. The van der Waals surface area contributed by atoms with E-state index in [2.05, 4.69) is 34.5 Å². The third-order valence-corrected chi connectivity index (χ3v) is 6.90. The molecule has 0 bridgehead atoms. The molecule has 0 saturated heterocycles. The predicted octanol–water partition coefficient (Wildman–Crippen LogP) is 3.42. The van der Waals surface area contributed by atoms with E-state index in [1.807, 2.05) is 19.9 Å². The SMILES string of the molecule is Cc1cc(C)cc(N([C@H](C)C(=O)NCCCN2CCCc3ccccc32)S(C)(=O)=O)c1. The maximum absolute atomic E-state index is 12.8. The van der Waals surface area contributed by atoms with E-state index in [4.69, 9.17) is 0 Å². The number of carbonyl (C=O) groups is 1. The Morgan fingerprint density at radius 3 is 2.52 bits per heavy atom. The molecule has 0 spiro atoms. The zero-order valence-corrected chi connectivity index (χ0v) is 19.7. The first-order valence-corrected chi connectivity index (χ1v) is 12.7. The van der Waals surface area contributed by atoms with Crippen LogP contribution in [0.5, 0.6) is 0 Å². The number of benzene rings is 2. The Morgan fingerprint density at radius 1 is 1.16 bits per heavy atom. The first-order valence-electron chi connectivity index (χ1n) is 10.8. The zero-order valence-electron chi connectivity index (χ0n) is 18.9. The van der Waals surface area contributed by atoms with Crippen LogP contribution in [0.15, 0.2) is 42.5 Å². The summed E-state index contributed by atoms with van der Waals surface area (Å²) in [5.41, 5.74) is 5.10. The van der Waals surface area contributed by atoms with Gasteiger partial charge in [-0.3, -0.25) is 9.10 Å². The van der Waals surface area contributed by atoms with Gasteiger partial charge in [-0.1, -0.05) is 24.3 Å².